The normalized spacial score (nSPS) is 34.8. The number of phosphoric ester groups is 1. The Morgan fingerprint density at radius 1 is 1.42 bits per heavy atom. The van der Waals surface area contributed by atoms with Crippen LogP contribution in [0.25, 0.3) is 0 Å². The van der Waals surface area contributed by atoms with Crippen LogP contribution in [0.1, 0.15) is 33.6 Å². The summed E-state index contributed by atoms with van der Waals surface area (Å²) in [7, 11) is -2.71. The summed E-state index contributed by atoms with van der Waals surface area (Å²) in [6.07, 6.45) is 4.34. The quantitative estimate of drug-likeness (QED) is 0.216. The summed E-state index contributed by atoms with van der Waals surface area (Å²) in [5.41, 5.74) is -1.21. The number of amides is 1. The van der Waals surface area contributed by atoms with Crippen molar-refractivity contribution in [1.29, 1.82) is 0 Å². The Labute approximate surface area is 192 Å². The highest BCUT2D eigenvalue weighted by atomic mass is 31.2. The van der Waals surface area contributed by atoms with Gasteiger partial charge in [-0.1, -0.05) is 5.92 Å². The Kier molecular flexibility index (Phi) is 7.79. The molecule has 0 unspecified atom stereocenters. The van der Waals surface area contributed by atoms with Gasteiger partial charge in [0, 0.05) is 13.3 Å². The van der Waals surface area contributed by atoms with Crippen molar-refractivity contribution in [2.45, 2.75) is 64.3 Å². The molecular weight excluding hydrogens is 457 g/mol. The molecule has 0 aromatic carbocycles. The Hall–Kier alpha value is -2.06. The second-order valence-corrected chi connectivity index (χ2v) is 10.0. The SMILES string of the molecule is C#C[C@]1(C)[C@@H]2O[P@](=O)(OC[C@H](CC(=O)OC(C)C)OC)OC[C@H]2O[C@H]1N1C=CC(=O)CC1=O. The van der Waals surface area contributed by atoms with Crippen LogP contribution in [0.15, 0.2) is 12.3 Å². The molecule has 0 bridgehead atoms. The molecule has 0 aliphatic carbocycles. The number of ether oxygens (including phenoxy) is 3. The maximum atomic E-state index is 13.2. The summed E-state index contributed by atoms with van der Waals surface area (Å²) in [4.78, 5) is 37.0. The van der Waals surface area contributed by atoms with Gasteiger partial charge in [0.15, 0.2) is 12.0 Å². The summed E-state index contributed by atoms with van der Waals surface area (Å²) in [5.74, 6) is 1.31. The largest absolute Gasteiger partial charge is 0.475 e. The number of hydrogen-bond donors (Lipinski definition) is 0. The van der Waals surface area contributed by atoms with Crippen molar-refractivity contribution in [3.63, 3.8) is 0 Å². The first-order valence-corrected chi connectivity index (χ1v) is 11.9. The second-order valence-electron chi connectivity index (χ2n) is 8.38. The average molecular weight is 485 g/mol. The van der Waals surface area contributed by atoms with E-state index in [0.29, 0.717) is 0 Å². The number of hydrogen-bond acceptors (Lipinski definition) is 10. The third-order valence-corrected chi connectivity index (χ3v) is 6.91. The summed E-state index contributed by atoms with van der Waals surface area (Å²) in [6.45, 7) is 4.66. The molecule has 1 amide bonds. The Balaban J connectivity index is 1.69. The highest BCUT2D eigenvalue weighted by Gasteiger charge is 2.61. The van der Waals surface area contributed by atoms with Crippen molar-refractivity contribution in [3.05, 3.63) is 12.3 Å². The van der Waals surface area contributed by atoms with Crippen LogP contribution in [0.5, 0.6) is 0 Å². The number of carbonyl (C=O) groups is 3. The minimum atomic E-state index is -4.09. The molecule has 0 N–H and O–H groups in total. The number of terminal acetylenes is 1. The van der Waals surface area contributed by atoms with Crippen LogP contribution in [0.2, 0.25) is 0 Å². The molecule has 6 atom stereocenters. The van der Waals surface area contributed by atoms with Gasteiger partial charge in [0.25, 0.3) is 0 Å². The van der Waals surface area contributed by atoms with Crippen molar-refractivity contribution in [3.8, 4) is 12.3 Å². The first kappa shape index (κ1) is 25.6. The number of methoxy groups -OCH3 is 1. The van der Waals surface area contributed by atoms with Crippen molar-refractivity contribution >= 4 is 25.5 Å². The predicted molar refractivity (Wildman–Crippen MR) is 112 cm³/mol. The smallest absolute Gasteiger partial charge is 0.463 e. The lowest BCUT2D eigenvalue weighted by Crippen LogP contribution is -2.49. The fourth-order valence-electron chi connectivity index (χ4n) is 3.76. The van der Waals surface area contributed by atoms with Gasteiger partial charge in [0.1, 0.15) is 17.6 Å². The minimum absolute atomic E-state index is 0.115. The van der Waals surface area contributed by atoms with E-state index < -0.39 is 49.7 Å². The molecule has 0 aromatic rings. The molecule has 12 heteroatoms. The van der Waals surface area contributed by atoms with E-state index in [2.05, 4.69) is 5.92 Å². The summed E-state index contributed by atoms with van der Waals surface area (Å²) >= 11 is 0. The van der Waals surface area contributed by atoms with Crippen molar-refractivity contribution < 1.29 is 46.7 Å². The molecule has 3 aliphatic heterocycles. The van der Waals surface area contributed by atoms with Crippen molar-refractivity contribution in [2.24, 2.45) is 5.41 Å². The fourth-order valence-corrected chi connectivity index (χ4v) is 5.26. The topological polar surface area (TPSA) is 127 Å². The Bertz CT molecular complexity index is 911. The standard InChI is InChI=1S/C21H28NO10P/c1-6-21(4)19-16(31-20(21)22-8-7-14(23)9-17(22)24)12-29-33(26,32-19)28-11-15(27-5)10-18(25)30-13(2)3/h1,7-8,13,15-16,19-20H,9-12H2,2-5H3/t15-,16+,19+,20+,21+,33+/m0/s1. The molecule has 2 saturated heterocycles. The maximum absolute atomic E-state index is 13.2. The molecule has 182 valence electrons. The van der Waals surface area contributed by atoms with Gasteiger partial charge in [-0.3, -0.25) is 32.9 Å². The summed E-state index contributed by atoms with van der Waals surface area (Å²) < 4.78 is 45.8. The predicted octanol–water partition coefficient (Wildman–Crippen LogP) is 1.56. The van der Waals surface area contributed by atoms with Gasteiger partial charge < -0.3 is 14.2 Å². The zero-order chi connectivity index (χ0) is 24.4. The zero-order valence-corrected chi connectivity index (χ0v) is 19.8. The molecule has 0 radical (unpaired) electrons. The van der Waals surface area contributed by atoms with E-state index in [9.17, 15) is 18.9 Å². The number of carbonyl (C=O) groups excluding carboxylic acids is 3. The zero-order valence-electron chi connectivity index (χ0n) is 18.9. The lowest BCUT2D eigenvalue weighted by Gasteiger charge is -2.37. The van der Waals surface area contributed by atoms with Gasteiger partial charge in [-0.25, -0.2) is 4.57 Å². The van der Waals surface area contributed by atoms with Crippen LogP contribution < -0.4 is 0 Å². The molecule has 0 aromatic heterocycles. The van der Waals surface area contributed by atoms with Crippen LogP contribution in [0, 0.1) is 17.8 Å². The third-order valence-electron chi connectivity index (χ3n) is 5.50. The van der Waals surface area contributed by atoms with Gasteiger partial charge in [-0.2, -0.15) is 0 Å². The number of nitrogens with zero attached hydrogens (tertiary/aromatic N) is 1. The summed E-state index contributed by atoms with van der Waals surface area (Å²) in [6, 6.07) is 0. The number of fused-ring (bicyclic) bond motifs is 1. The second kappa shape index (κ2) is 10.1. The molecule has 3 aliphatic rings. The molecule has 33 heavy (non-hydrogen) atoms. The van der Waals surface area contributed by atoms with Gasteiger partial charge >= 0.3 is 13.8 Å². The number of allylic oxidation sites excluding steroid dienone is 1. The molecule has 3 rings (SSSR count). The first-order valence-electron chi connectivity index (χ1n) is 10.5. The lowest BCUT2D eigenvalue weighted by molar-refractivity contribution is -0.151. The number of esters is 1. The highest BCUT2D eigenvalue weighted by Crippen LogP contribution is 2.59. The van der Waals surface area contributed by atoms with Crippen LogP contribution in [-0.2, 0) is 46.7 Å². The number of rotatable bonds is 8. The van der Waals surface area contributed by atoms with E-state index in [0.717, 1.165) is 0 Å². The maximum Gasteiger partial charge on any atom is 0.475 e. The Morgan fingerprint density at radius 2 is 2.15 bits per heavy atom. The van der Waals surface area contributed by atoms with E-state index in [1.165, 1.54) is 24.3 Å². The first-order chi connectivity index (χ1) is 15.5. The third kappa shape index (κ3) is 5.54. The van der Waals surface area contributed by atoms with Crippen LogP contribution >= 0.6 is 7.82 Å². The van der Waals surface area contributed by atoms with Crippen LogP contribution in [0.3, 0.4) is 0 Å². The van der Waals surface area contributed by atoms with E-state index in [4.69, 9.17) is 34.2 Å². The van der Waals surface area contributed by atoms with Gasteiger partial charge in [0.2, 0.25) is 5.91 Å². The monoisotopic (exact) mass is 485 g/mol. The molecular formula is C21H28NO10P. The number of phosphoric acid groups is 1. The molecule has 2 fully saturated rings. The highest BCUT2D eigenvalue weighted by molar-refractivity contribution is 7.48. The summed E-state index contributed by atoms with van der Waals surface area (Å²) in [5, 5.41) is 0. The molecule has 0 saturated carbocycles. The lowest BCUT2D eigenvalue weighted by atomic mass is 9.82. The fraction of sp³-hybridized carbons (Fsp3) is 0.667. The minimum Gasteiger partial charge on any atom is -0.463 e. The van der Waals surface area contributed by atoms with E-state index >= 15 is 0 Å². The van der Waals surface area contributed by atoms with Crippen LogP contribution in [-0.4, -0.2) is 73.5 Å². The van der Waals surface area contributed by atoms with Gasteiger partial charge in [-0.05, 0) is 26.8 Å². The van der Waals surface area contributed by atoms with Crippen molar-refractivity contribution in [2.75, 3.05) is 20.3 Å². The molecule has 0 spiro atoms. The van der Waals surface area contributed by atoms with Crippen LogP contribution in [0.4, 0.5) is 0 Å². The van der Waals surface area contributed by atoms with Gasteiger partial charge in [0.05, 0.1) is 38.3 Å². The van der Waals surface area contributed by atoms with E-state index in [-0.39, 0.29) is 37.9 Å². The molecule has 3 heterocycles. The Morgan fingerprint density at radius 3 is 2.76 bits per heavy atom. The average Bonchev–Trinajstić information content (AvgIpc) is 3.03. The molecule has 11 nitrogen and oxygen atoms in total. The van der Waals surface area contributed by atoms with E-state index in [1.54, 1.807) is 20.8 Å². The van der Waals surface area contributed by atoms with Crippen molar-refractivity contribution in [1.82, 2.24) is 4.90 Å². The number of ketones is 1. The van der Waals surface area contributed by atoms with E-state index in [1.807, 2.05) is 0 Å². The van der Waals surface area contributed by atoms with Gasteiger partial charge in [-0.15, -0.1) is 6.42 Å².